The Labute approximate surface area is 165 Å². The fourth-order valence-electron chi connectivity index (χ4n) is 3.51. The van der Waals surface area contributed by atoms with Gasteiger partial charge in [0, 0.05) is 30.9 Å². The molecule has 28 heavy (non-hydrogen) atoms. The third-order valence-corrected chi connectivity index (χ3v) is 4.97. The molecule has 3 rings (SSSR count). The summed E-state index contributed by atoms with van der Waals surface area (Å²) in [6.45, 7) is 8.80. The summed E-state index contributed by atoms with van der Waals surface area (Å²) in [7, 11) is 0. The molecule has 1 aliphatic heterocycles. The average molecular weight is 384 g/mol. The van der Waals surface area contributed by atoms with E-state index >= 15 is 0 Å². The molecule has 1 aliphatic rings. The van der Waals surface area contributed by atoms with Crippen molar-refractivity contribution in [3.8, 4) is 5.75 Å². The maximum atomic E-state index is 12.5. The number of carbonyl (C=O) groups is 2. The van der Waals surface area contributed by atoms with Crippen LogP contribution in [0.15, 0.2) is 24.3 Å². The summed E-state index contributed by atoms with van der Waals surface area (Å²) in [5, 5.41) is 10.1. The number of anilines is 1. The number of nitrogens with zero attached hydrogens (tertiary/aromatic N) is 2. The lowest BCUT2D eigenvalue weighted by Crippen LogP contribution is -2.34. The third kappa shape index (κ3) is 4.52. The number of benzene rings is 1. The molecule has 2 aromatic rings. The molecule has 1 aromatic heterocycles. The highest BCUT2D eigenvalue weighted by Crippen LogP contribution is 2.27. The van der Waals surface area contributed by atoms with E-state index in [0.29, 0.717) is 13.1 Å². The highest BCUT2D eigenvalue weighted by atomic mass is 16.5. The van der Waals surface area contributed by atoms with Gasteiger partial charge in [-0.3, -0.25) is 14.7 Å². The van der Waals surface area contributed by atoms with Crippen LogP contribution >= 0.6 is 0 Å². The summed E-state index contributed by atoms with van der Waals surface area (Å²) in [4.78, 5) is 26.6. The van der Waals surface area contributed by atoms with E-state index in [2.05, 4.69) is 15.5 Å². The molecule has 0 bridgehead atoms. The predicted molar refractivity (Wildman–Crippen MR) is 107 cm³/mol. The maximum Gasteiger partial charge on any atom is 0.227 e. The number of aromatic nitrogens is 2. The van der Waals surface area contributed by atoms with Gasteiger partial charge in [0.1, 0.15) is 5.75 Å². The van der Waals surface area contributed by atoms with E-state index in [4.69, 9.17) is 4.74 Å². The molecule has 0 aliphatic carbocycles. The fourth-order valence-corrected chi connectivity index (χ4v) is 3.51. The number of aromatic amines is 1. The number of amides is 2. The highest BCUT2D eigenvalue weighted by molar-refractivity contribution is 6.00. The Hall–Kier alpha value is -2.83. The van der Waals surface area contributed by atoms with Crippen LogP contribution in [0.2, 0.25) is 0 Å². The van der Waals surface area contributed by atoms with Gasteiger partial charge in [0.2, 0.25) is 11.8 Å². The molecule has 2 N–H and O–H groups in total. The maximum absolute atomic E-state index is 12.5. The molecule has 1 fully saturated rings. The monoisotopic (exact) mass is 384 g/mol. The largest absolute Gasteiger partial charge is 0.491 e. The molecule has 2 amide bonds. The molecule has 0 spiro atoms. The zero-order valence-corrected chi connectivity index (χ0v) is 16.9. The van der Waals surface area contributed by atoms with E-state index < -0.39 is 0 Å². The summed E-state index contributed by atoms with van der Waals surface area (Å²) in [5.41, 5.74) is 3.91. The first-order chi connectivity index (χ1) is 13.3. The Morgan fingerprint density at radius 3 is 2.64 bits per heavy atom. The van der Waals surface area contributed by atoms with Gasteiger partial charge in [-0.1, -0.05) is 0 Å². The minimum absolute atomic E-state index is 0.0285. The van der Waals surface area contributed by atoms with E-state index in [1.54, 1.807) is 4.90 Å². The number of aryl methyl sites for hydroxylation is 2. The molecule has 0 unspecified atom stereocenters. The van der Waals surface area contributed by atoms with Gasteiger partial charge in [0.25, 0.3) is 0 Å². The van der Waals surface area contributed by atoms with Crippen molar-refractivity contribution in [1.82, 2.24) is 15.5 Å². The molecule has 1 saturated heterocycles. The molecule has 7 nitrogen and oxygen atoms in total. The minimum atomic E-state index is -0.328. The summed E-state index contributed by atoms with van der Waals surface area (Å²) in [6, 6.07) is 7.43. The molecule has 1 atom stereocenters. The van der Waals surface area contributed by atoms with Gasteiger partial charge in [0.05, 0.1) is 17.7 Å². The second kappa shape index (κ2) is 8.46. The average Bonchev–Trinajstić information content (AvgIpc) is 3.19. The number of hydrogen-bond donors (Lipinski definition) is 2. The topological polar surface area (TPSA) is 87.3 Å². The van der Waals surface area contributed by atoms with Crippen molar-refractivity contribution in [2.45, 2.75) is 46.6 Å². The zero-order chi connectivity index (χ0) is 20.3. The van der Waals surface area contributed by atoms with Gasteiger partial charge < -0.3 is 15.0 Å². The molecular weight excluding hydrogens is 356 g/mol. The van der Waals surface area contributed by atoms with Gasteiger partial charge in [-0.2, -0.15) is 5.10 Å². The number of carbonyl (C=O) groups excluding carboxylic acids is 2. The SMILES string of the molecule is Cc1n[nH]c(C)c1CCNC(=O)[C@@H]1CC(=O)N(c2ccc(OC(C)C)cc2)C1. The molecule has 7 heteroatoms. The Balaban J connectivity index is 1.54. The van der Waals surface area contributed by atoms with Crippen LogP contribution in [0.4, 0.5) is 5.69 Å². The van der Waals surface area contributed by atoms with Crippen LogP contribution < -0.4 is 15.0 Å². The van der Waals surface area contributed by atoms with Crippen molar-refractivity contribution in [2.24, 2.45) is 5.92 Å². The lowest BCUT2D eigenvalue weighted by Gasteiger charge is -2.18. The molecule has 150 valence electrons. The molecule has 2 heterocycles. The first-order valence-electron chi connectivity index (χ1n) is 9.70. The zero-order valence-electron chi connectivity index (χ0n) is 16.9. The van der Waals surface area contributed by atoms with E-state index in [1.807, 2.05) is 52.0 Å². The van der Waals surface area contributed by atoms with Crippen LogP contribution in [0.5, 0.6) is 5.75 Å². The van der Waals surface area contributed by atoms with E-state index in [0.717, 1.165) is 34.8 Å². The van der Waals surface area contributed by atoms with Crippen LogP contribution in [-0.4, -0.2) is 41.2 Å². The second-order valence-electron chi connectivity index (χ2n) is 7.52. The van der Waals surface area contributed by atoms with Gasteiger partial charge in [-0.15, -0.1) is 0 Å². The van der Waals surface area contributed by atoms with Crippen molar-refractivity contribution in [1.29, 1.82) is 0 Å². The number of nitrogens with one attached hydrogen (secondary N) is 2. The van der Waals surface area contributed by atoms with Gasteiger partial charge in [-0.25, -0.2) is 0 Å². The predicted octanol–water partition coefficient (Wildman–Crippen LogP) is 2.53. The number of ether oxygens (including phenoxy) is 1. The highest BCUT2D eigenvalue weighted by Gasteiger charge is 2.35. The van der Waals surface area contributed by atoms with Gasteiger partial charge in [-0.05, 0) is 63.9 Å². The van der Waals surface area contributed by atoms with E-state index in [9.17, 15) is 9.59 Å². The fraction of sp³-hybridized carbons (Fsp3) is 0.476. The lowest BCUT2D eigenvalue weighted by molar-refractivity contribution is -0.126. The summed E-state index contributed by atoms with van der Waals surface area (Å²) in [6.07, 6.45) is 1.06. The molecule has 1 aromatic carbocycles. The first kappa shape index (κ1) is 19.9. The Bertz CT molecular complexity index is 822. The van der Waals surface area contributed by atoms with Gasteiger partial charge in [0.15, 0.2) is 0 Å². The molecule has 0 radical (unpaired) electrons. The summed E-state index contributed by atoms with van der Waals surface area (Å²) >= 11 is 0. The van der Waals surface area contributed by atoms with Crippen molar-refractivity contribution in [3.05, 3.63) is 41.2 Å². The van der Waals surface area contributed by atoms with Crippen molar-refractivity contribution in [3.63, 3.8) is 0 Å². The smallest absolute Gasteiger partial charge is 0.227 e. The third-order valence-electron chi connectivity index (χ3n) is 4.97. The Kier molecular flexibility index (Phi) is 6.02. The van der Waals surface area contributed by atoms with Crippen LogP contribution in [0.3, 0.4) is 0 Å². The summed E-state index contributed by atoms with van der Waals surface area (Å²) in [5.74, 6) is 0.337. The van der Waals surface area contributed by atoms with Crippen molar-refractivity contribution in [2.75, 3.05) is 18.0 Å². The normalized spacial score (nSPS) is 16.7. The number of rotatable bonds is 7. The quantitative estimate of drug-likeness (QED) is 0.768. The van der Waals surface area contributed by atoms with Crippen molar-refractivity contribution < 1.29 is 14.3 Å². The van der Waals surface area contributed by atoms with Crippen molar-refractivity contribution >= 4 is 17.5 Å². The Morgan fingerprint density at radius 1 is 1.32 bits per heavy atom. The van der Waals surface area contributed by atoms with E-state index in [1.165, 1.54) is 0 Å². The Morgan fingerprint density at radius 2 is 2.04 bits per heavy atom. The van der Waals surface area contributed by atoms with Crippen LogP contribution in [0.25, 0.3) is 0 Å². The summed E-state index contributed by atoms with van der Waals surface area (Å²) < 4.78 is 5.64. The number of H-pyrrole nitrogens is 1. The first-order valence-corrected chi connectivity index (χ1v) is 9.70. The second-order valence-corrected chi connectivity index (χ2v) is 7.52. The lowest BCUT2D eigenvalue weighted by atomic mass is 10.1. The van der Waals surface area contributed by atoms with Crippen LogP contribution in [-0.2, 0) is 16.0 Å². The van der Waals surface area contributed by atoms with Gasteiger partial charge >= 0.3 is 0 Å². The standard InChI is InChI=1S/C21H28N4O3/c1-13(2)28-18-7-5-17(6-8-18)25-12-16(11-20(25)26)21(27)22-10-9-19-14(3)23-24-15(19)4/h5-8,13,16H,9-12H2,1-4H3,(H,22,27)(H,23,24)/t16-/m1/s1. The number of hydrogen-bond acceptors (Lipinski definition) is 4. The minimum Gasteiger partial charge on any atom is -0.491 e. The molecular formula is C21H28N4O3. The van der Waals surface area contributed by atoms with Crippen LogP contribution in [0, 0.1) is 19.8 Å². The van der Waals surface area contributed by atoms with Crippen LogP contribution in [0.1, 0.15) is 37.2 Å². The van der Waals surface area contributed by atoms with E-state index in [-0.39, 0.29) is 30.3 Å². The molecule has 0 saturated carbocycles.